The third-order valence-corrected chi connectivity index (χ3v) is 2.90. The molecule has 0 atom stereocenters. The summed E-state index contributed by atoms with van der Waals surface area (Å²) < 4.78 is 1.19. The van der Waals surface area contributed by atoms with Crippen LogP contribution >= 0.6 is 22.6 Å². The van der Waals surface area contributed by atoms with Gasteiger partial charge in [0.2, 0.25) is 0 Å². The Bertz CT molecular complexity index is 143. The van der Waals surface area contributed by atoms with Crippen molar-refractivity contribution in [1.29, 1.82) is 0 Å². The van der Waals surface area contributed by atoms with Crippen molar-refractivity contribution in [3.05, 3.63) is 38.0 Å². The second kappa shape index (κ2) is 7.36. The zero-order valence-electron chi connectivity index (χ0n) is 8.27. The van der Waals surface area contributed by atoms with Gasteiger partial charge in [0.1, 0.15) is 0 Å². The second-order valence-corrected chi connectivity index (χ2v) is 4.50. The van der Waals surface area contributed by atoms with E-state index in [1.807, 2.05) is 18.2 Å². The van der Waals surface area contributed by atoms with Crippen molar-refractivity contribution in [3.63, 3.8) is 0 Å². The number of halogens is 1. The minimum Gasteiger partial charge on any atom is -0.103 e. The Balaban J connectivity index is 4.44. The zero-order valence-corrected chi connectivity index (χ0v) is 10.4. The smallest absolute Gasteiger partial charge is 0.0000889 e. The van der Waals surface area contributed by atoms with Crippen LogP contribution in [0.15, 0.2) is 38.0 Å². The lowest BCUT2D eigenvalue weighted by atomic mass is 9.76. The molecule has 0 N–H and O–H groups in total. The Hall–Kier alpha value is -0.0500. The van der Waals surface area contributed by atoms with E-state index < -0.39 is 0 Å². The molecule has 0 radical (unpaired) electrons. The summed E-state index contributed by atoms with van der Waals surface area (Å²) in [5, 5.41) is 0. The molecule has 0 aromatic heterocycles. The molecule has 0 unspecified atom stereocenters. The highest BCUT2D eigenvalue weighted by Crippen LogP contribution is 2.36. The van der Waals surface area contributed by atoms with Crippen LogP contribution in [0.5, 0.6) is 0 Å². The number of hydrogen-bond donors (Lipinski definition) is 0. The van der Waals surface area contributed by atoms with Crippen molar-refractivity contribution in [1.82, 2.24) is 0 Å². The van der Waals surface area contributed by atoms with Crippen LogP contribution in [-0.2, 0) is 0 Å². The summed E-state index contributed by atoms with van der Waals surface area (Å²) in [6, 6.07) is 0. The summed E-state index contributed by atoms with van der Waals surface area (Å²) in [5.41, 5.74) is 0.340. The predicted octanol–water partition coefficient (Wildman–Crippen LogP) is 4.53. The van der Waals surface area contributed by atoms with Gasteiger partial charge in [-0.3, -0.25) is 0 Å². The molecular weight excluding hydrogens is 271 g/mol. The fourth-order valence-corrected chi connectivity index (χ4v) is 2.82. The molecule has 1 heteroatoms. The van der Waals surface area contributed by atoms with Gasteiger partial charge in [-0.1, -0.05) is 40.8 Å². The van der Waals surface area contributed by atoms with Gasteiger partial charge in [0.25, 0.3) is 0 Å². The maximum absolute atomic E-state index is 3.82. The van der Waals surface area contributed by atoms with Crippen LogP contribution in [0.1, 0.15) is 25.7 Å². The molecule has 0 spiro atoms. The van der Waals surface area contributed by atoms with Crippen molar-refractivity contribution in [2.24, 2.45) is 5.41 Å². The lowest BCUT2D eigenvalue weighted by Gasteiger charge is -2.30. The highest BCUT2D eigenvalue weighted by molar-refractivity contribution is 14.1. The third kappa shape index (κ3) is 4.65. The summed E-state index contributed by atoms with van der Waals surface area (Å²) in [5.74, 6) is 0. The van der Waals surface area contributed by atoms with E-state index in [0.717, 1.165) is 19.3 Å². The van der Waals surface area contributed by atoms with Crippen LogP contribution in [0.3, 0.4) is 0 Å². The molecule has 0 aromatic rings. The molecule has 0 amide bonds. The lowest BCUT2D eigenvalue weighted by molar-refractivity contribution is 0.290. The molecule has 0 heterocycles. The number of allylic oxidation sites excluding steroid dienone is 3. The van der Waals surface area contributed by atoms with Gasteiger partial charge in [-0.15, -0.1) is 19.7 Å². The zero-order chi connectivity index (χ0) is 10.2. The van der Waals surface area contributed by atoms with Gasteiger partial charge in [-0.05, 0) is 31.1 Å². The van der Waals surface area contributed by atoms with Gasteiger partial charge in [0.15, 0.2) is 0 Å². The van der Waals surface area contributed by atoms with Crippen LogP contribution < -0.4 is 0 Å². The Labute approximate surface area is 95.9 Å². The third-order valence-electron chi connectivity index (χ3n) is 2.36. The highest BCUT2D eigenvalue weighted by Gasteiger charge is 2.24. The maximum Gasteiger partial charge on any atom is 0.0000889 e. The second-order valence-electron chi connectivity index (χ2n) is 3.42. The van der Waals surface area contributed by atoms with Crippen LogP contribution in [0.2, 0.25) is 0 Å². The fourth-order valence-electron chi connectivity index (χ4n) is 1.68. The van der Waals surface area contributed by atoms with Gasteiger partial charge in [0.05, 0.1) is 0 Å². The highest BCUT2D eigenvalue weighted by atomic mass is 127. The van der Waals surface area contributed by atoms with E-state index in [0.29, 0.717) is 5.41 Å². The van der Waals surface area contributed by atoms with Crippen LogP contribution in [0, 0.1) is 5.41 Å². The first-order valence-electron chi connectivity index (χ1n) is 4.63. The van der Waals surface area contributed by atoms with Gasteiger partial charge in [0, 0.05) is 4.43 Å². The van der Waals surface area contributed by atoms with Crippen LogP contribution in [-0.4, -0.2) is 4.43 Å². The molecule has 0 fully saturated rings. The average molecular weight is 290 g/mol. The van der Waals surface area contributed by atoms with Crippen molar-refractivity contribution in [3.8, 4) is 0 Å². The van der Waals surface area contributed by atoms with Gasteiger partial charge in [-0.25, -0.2) is 0 Å². The van der Waals surface area contributed by atoms with Crippen LogP contribution in [0.25, 0.3) is 0 Å². The average Bonchev–Trinajstić information content (AvgIpc) is 2.06. The SMILES string of the molecule is C=CCC(CC=C)(CC=C)CCI. The van der Waals surface area contributed by atoms with E-state index in [1.165, 1.54) is 10.8 Å². The first kappa shape index (κ1) is 12.9. The van der Waals surface area contributed by atoms with E-state index in [2.05, 4.69) is 42.3 Å². The molecule has 0 saturated heterocycles. The first-order valence-corrected chi connectivity index (χ1v) is 6.16. The van der Waals surface area contributed by atoms with E-state index in [4.69, 9.17) is 0 Å². The van der Waals surface area contributed by atoms with Crippen molar-refractivity contribution < 1.29 is 0 Å². The molecule has 0 nitrogen and oxygen atoms in total. The Morgan fingerprint density at radius 3 is 1.54 bits per heavy atom. The minimum atomic E-state index is 0.340. The van der Waals surface area contributed by atoms with E-state index >= 15 is 0 Å². The van der Waals surface area contributed by atoms with Gasteiger partial charge >= 0.3 is 0 Å². The standard InChI is InChI=1S/C12H19I/c1-4-7-12(8-5-2,9-6-3)10-11-13/h4-6H,1-3,7-11H2. The fraction of sp³-hybridized carbons (Fsp3) is 0.500. The molecule has 13 heavy (non-hydrogen) atoms. The summed E-state index contributed by atoms with van der Waals surface area (Å²) in [7, 11) is 0. The van der Waals surface area contributed by atoms with E-state index in [9.17, 15) is 0 Å². The molecular formula is C12H19I. The molecule has 0 bridgehead atoms. The van der Waals surface area contributed by atoms with E-state index in [1.54, 1.807) is 0 Å². The van der Waals surface area contributed by atoms with Crippen molar-refractivity contribution >= 4 is 22.6 Å². The Kier molecular flexibility index (Phi) is 7.33. The lowest BCUT2D eigenvalue weighted by Crippen LogP contribution is -2.19. The van der Waals surface area contributed by atoms with Crippen LogP contribution in [0.4, 0.5) is 0 Å². The topological polar surface area (TPSA) is 0 Å². The molecule has 74 valence electrons. The summed E-state index contributed by atoms with van der Waals surface area (Å²) in [6.07, 6.45) is 10.5. The first-order chi connectivity index (χ1) is 6.24. The van der Waals surface area contributed by atoms with Gasteiger partial charge < -0.3 is 0 Å². The summed E-state index contributed by atoms with van der Waals surface area (Å²) in [4.78, 5) is 0. The number of hydrogen-bond acceptors (Lipinski definition) is 0. The number of rotatable bonds is 8. The predicted molar refractivity (Wildman–Crippen MR) is 70.4 cm³/mol. The van der Waals surface area contributed by atoms with Gasteiger partial charge in [-0.2, -0.15) is 0 Å². The summed E-state index contributed by atoms with van der Waals surface area (Å²) in [6.45, 7) is 11.5. The Morgan fingerprint density at radius 2 is 1.31 bits per heavy atom. The number of alkyl halides is 1. The molecule has 0 aliphatic rings. The molecule has 0 saturated carbocycles. The Morgan fingerprint density at radius 1 is 0.923 bits per heavy atom. The summed E-state index contributed by atoms with van der Waals surface area (Å²) >= 11 is 2.43. The molecule has 0 aliphatic carbocycles. The van der Waals surface area contributed by atoms with Crippen molar-refractivity contribution in [2.45, 2.75) is 25.7 Å². The van der Waals surface area contributed by atoms with Crippen molar-refractivity contribution in [2.75, 3.05) is 4.43 Å². The van der Waals surface area contributed by atoms with E-state index in [-0.39, 0.29) is 0 Å². The molecule has 0 aromatic carbocycles. The molecule has 0 aliphatic heterocycles. The normalized spacial score (nSPS) is 10.8. The largest absolute Gasteiger partial charge is 0.103 e. The monoisotopic (exact) mass is 290 g/mol. The maximum atomic E-state index is 3.82. The minimum absolute atomic E-state index is 0.340. The molecule has 0 rings (SSSR count). The quantitative estimate of drug-likeness (QED) is 0.350.